The Balaban J connectivity index is 1.62. The maximum absolute atomic E-state index is 12.6. The smallest absolute Gasteiger partial charge is 0.274 e. The number of nitrogens with zero attached hydrogens (tertiary/aromatic N) is 3. The third kappa shape index (κ3) is 2.98. The number of hydrogen-bond acceptors (Lipinski definition) is 4. The molecule has 3 aromatic rings. The Morgan fingerprint density at radius 1 is 1.08 bits per heavy atom. The van der Waals surface area contributed by atoms with Crippen LogP contribution >= 0.6 is 0 Å². The zero-order chi connectivity index (χ0) is 17.2. The van der Waals surface area contributed by atoms with Crippen molar-refractivity contribution in [2.45, 2.75) is 12.5 Å². The third-order valence-corrected chi connectivity index (χ3v) is 4.85. The van der Waals surface area contributed by atoms with Crippen LogP contribution in [0.5, 0.6) is 0 Å². The minimum Gasteiger partial charge on any atom is -0.336 e. The van der Waals surface area contributed by atoms with Gasteiger partial charge in [-0.25, -0.2) is 0 Å². The molecule has 4 rings (SSSR count). The number of carbonyl (C=O) groups is 1. The van der Waals surface area contributed by atoms with E-state index in [2.05, 4.69) is 33.7 Å². The van der Waals surface area contributed by atoms with Crippen molar-refractivity contribution < 1.29 is 4.79 Å². The zero-order valence-electron chi connectivity index (χ0n) is 14.1. The average molecular weight is 332 g/mol. The van der Waals surface area contributed by atoms with E-state index in [1.807, 2.05) is 37.4 Å². The van der Waals surface area contributed by atoms with Gasteiger partial charge in [-0.15, -0.1) is 10.2 Å². The molecule has 5 heteroatoms. The van der Waals surface area contributed by atoms with E-state index in [0.717, 1.165) is 41.5 Å². The predicted octanol–water partition coefficient (Wildman–Crippen LogP) is 2.73. The number of fused-ring (bicyclic) bond motifs is 1. The lowest BCUT2D eigenvalue weighted by Gasteiger charge is -2.23. The Bertz CT molecular complexity index is 896. The van der Waals surface area contributed by atoms with E-state index < -0.39 is 0 Å². The van der Waals surface area contributed by atoms with Crippen LogP contribution in [0.3, 0.4) is 0 Å². The molecule has 0 aliphatic carbocycles. The normalized spacial score (nSPS) is 16.9. The predicted molar refractivity (Wildman–Crippen MR) is 98.3 cm³/mol. The molecule has 0 radical (unpaired) electrons. The summed E-state index contributed by atoms with van der Waals surface area (Å²) in [6.45, 7) is 1.79. The van der Waals surface area contributed by atoms with Crippen LogP contribution in [-0.2, 0) is 0 Å². The van der Waals surface area contributed by atoms with Crippen LogP contribution in [0.25, 0.3) is 22.0 Å². The highest BCUT2D eigenvalue weighted by Gasteiger charge is 2.25. The maximum atomic E-state index is 12.6. The quantitative estimate of drug-likeness (QED) is 0.801. The molecule has 0 spiro atoms. The lowest BCUT2D eigenvalue weighted by Crippen LogP contribution is -2.38. The second kappa shape index (κ2) is 6.61. The van der Waals surface area contributed by atoms with E-state index in [-0.39, 0.29) is 11.9 Å². The molecule has 1 atom stereocenters. The topological polar surface area (TPSA) is 58.1 Å². The lowest BCUT2D eigenvalue weighted by molar-refractivity contribution is 0.0736. The Morgan fingerprint density at radius 2 is 1.92 bits per heavy atom. The fourth-order valence-corrected chi connectivity index (χ4v) is 3.36. The summed E-state index contributed by atoms with van der Waals surface area (Å²) < 4.78 is 0. The van der Waals surface area contributed by atoms with Crippen LogP contribution in [0.2, 0.25) is 0 Å². The van der Waals surface area contributed by atoms with Crippen LogP contribution in [-0.4, -0.2) is 47.2 Å². The van der Waals surface area contributed by atoms with Crippen LogP contribution in [0.1, 0.15) is 16.9 Å². The highest BCUT2D eigenvalue weighted by Crippen LogP contribution is 2.26. The van der Waals surface area contributed by atoms with Crippen molar-refractivity contribution >= 4 is 16.7 Å². The lowest BCUT2D eigenvalue weighted by atomic mass is 10.0. The molecule has 25 heavy (non-hydrogen) atoms. The molecule has 5 nitrogen and oxygen atoms in total. The molecular formula is C20H20N4O. The van der Waals surface area contributed by atoms with Gasteiger partial charge in [0.25, 0.3) is 5.91 Å². The summed E-state index contributed by atoms with van der Waals surface area (Å²) in [6.07, 6.45) is 0.976. The van der Waals surface area contributed by atoms with Gasteiger partial charge in [0.1, 0.15) is 0 Å². The van der Waals surface area contributed by atoms with Gasteiger partial charge in [0, 0.05) is 25.2 Å². The largest absolute Gasteiger partial charge is 0.336 e. The van der Waals surface area contributed by atoms with Crippen LogP contribution in [0, 0.1) is 0 Å². The Morgan fingerprint density at radius 3 is 2.68 bits per heavy atom. The number of likely N-dealkylation sites (N-methyl/N-ethyl adjacent to an activating group) is 1. The first kappa shape index (κ1) is 15.7. The number of amides is 1. The highest BCUT2D eigenvalue weighted by atomic mass is 16.2. The minimum atomic E-state index is -0.0781. The van der Waals surface area contributed by atoms with Gasteiger partial charge in [-0.1, -0.05) is 42.5 Å². The van der Waals surface area contributed by atoms with Crippen molar-refractivity contribution in [2.75, 3.05) is 20.1 Å². The first-order valence-electron chi connectivity index (χ1n) is 8.54. The van der Waals surface area contributed by atoms with Crippen LogP contribution in [0.15, 0.2) is 54.6 Å². The molecule has 1 amide bonds. The monoisotopic (exact) mass is 332 g/mol. The fourth-order valence-electron chi connectivity index (χ4n) is 3.36. The van der Waals surface area contributed by atoms with Crippen molar-refractivity contribution in [2.24, 2.45) is 0 Å². The van der Waals surface area contributed by atoms with Crippen molar-refractivity contribution in [1.29, 1.82) is 0 Å². The first-order chi connectivity index (χ1) is 12.2. The van der Waals surface area contributed by atoms with E-state index in [1.165, 1.54) is 0 Å². The van der Waals surface area contributed by atoms with Crippen molar-refractivity contribution in [3.05, 3.63) is 60.3 Å². The molecule has 0 saturated carbocycles. The van der Waals surface area contributed by atoms with Gasteiger partial charge in [-0.3, -0.25) is 4.79 Å². The molecule has 1 unspecified atom stereocenters. The highest BCUT2D eigenvalue weighted by molar-refractivity contribution is 5.96. The summed E-state index contributed by atoms with van der Waals surface area (Å²) in [5, 5.41) is 14.1. The fraction of sp³-hybridized carbons (Fsp3) is 0.250. The second-order valence-electron chi connectivity index (χ2n) is 6.39. The summed E-state index contributed by atoms with van der Waals surface area (Å²) in [4.78, 5) is 14.4. The van der Waals surface area contributed by atoms with Crippen molar-refractivity contribution in [3.63, 3.8) is 0 Å². The van der Waals surface area contributed by atoms with Gasteiger partial charge in [-0.05, 0) is 35.9 Å². The molecule has 1 aromatic heterocycles. The molecular weight excluding hydrogens is 312 g/mol. The van der Waals surface area contributed by atoms with Gasteiger partial charge in [0.05, 0.1) is 5.69 Å². The van der Waals surface area contributed by atoms with Crippen molar-refractivity contribution in [1.82, 2.24) is 20.4 Å². The Labute approximate surface area is 146 Å². The summed E-state index contributed by atoms with van der Waals surface area (Å²) in [5.74, 6) is -0.0781. The Kier molecular flexibility index (Phi) is 4.15. The summed E-state index contributed by atoms with van der Waals surface area (Å²) in [6, 6.07) is 18.2. The third-order valence-electron chi connectivity index (χ3n) is 4.85. The van der Waals surface area contributed by atoms with Gasteiger partial charge in [-0.2, -0.15) is 0 Å². The Hall–Kier alpha value is -2.79. The van der Waals surface area contributed by atoms with E-state index >= 15 is 0 Å². The second-order valence-corrected chi connectivity index (χ2v) is 6.39. The van der Waals surface area contributed by atoms with Gasteiger partial charge >= 0.3 is 0 Å². The molecule has 1 saturated heterocycles. The number of aromatic nitrogens is 2. The molecule has 1 aliphatic rings. The van der Waals surface area contributed by atoms with E-state index in [1.54, 1.807) is 11.0 Å². The molecule has 1 aliphatic heterocycles. The van der Waals surface area contributed by atoms with E-state index in [0.29, 0.717) is 5.69 Å². The van der Waals surface area contributed by atoms with Gasteiger partial charge < -0.3 is 10.2 Å². The molecule has 2 heterocycles. The zero-order valence-corrected chi connectivity index (χ0v) is 14.1. The molecule has 2 aromatic carbocycles. The standard InChI is InChI=1S/C20H20N4O/c1-24(15-11-12-21-13-15)20(25)19-10-9-18(22-23-19)17-8-4-6-14-5-2-3-7-16(14)17/h2-10,15,21H,11-13H2,1H3. The SMILES string of the molecule is CN(C(=O)c1ccc(-c2cccc3ccccc23)nn1)C1CCNC1. The maximum Gasteiger partial charge on any atom is 0.274 e. The summed E-state index contributed by atoms with van der Waals surface area (Å²) in [7, 11) is 1.83. The minimum absolute atomic E-state index is 0.0781. The number of benzene rings is 2. The molecule has 126 valence electrons. The number of rotatable bonds is 3. The van der Waals surface area contributed by atoms with E-state index in [4.69, 9.17) is 0 Å². The van der Waals surface area contributed by atoms with Gasteiger partial charge in [0.15, 0.2) is 5.69 Å². The van der Waals surface area contributed by atoms with Crippen LogP contribution in [0.4, 0.5) is 0 Å². The first-order valence-corrected chi connectivity index (χ1v) is 8.54. The molecule has 1 fully saturated rings. The van der Waals surface area contributed by atoms with Crippen molar-refractivity contribution in [3.8, 4) is 11.3 Å². The summed E-state index contributed by atoms with van der Waals surface area (Å²) >= 11 is 0. The summed E-state index contributed by atoms with van der Waals surface area (Å²) in [5.41, 5.74) is 2.19. The average Bonchev–Trinajstić information content (AvgIpc) is 3.21. The van der Waals surface area contributed by atoms with E-state index in [9.17, 15) is 4.79 Å². The van der Waals surface area contributed by atoms with Crippen LogP contribution < -0.4 is 5.32 Å². The number of carbonyl (C=O) groups excluding carboxylic acids is 1. The van der Waals surface area contributed by atoms with Gasteiger partial charge in [0.2, 0.25) is 0 Å². The number of nitrogens with one attached hydrogen (secondary N) is 1. The molecule has 0 bridgehead atoms. The number of hydrogen-bond donors (Lipinski definition) is 1. The molecule has 1 N–H and O–H groups in total.